The lowest BCUT2D eigenvalue weighted by atomic mass is 10.1. The number of rotatable bonds is 3. The molecule has 1 saturated heterocycles. The Labute approximate surface area is 157 Å². The first-order chi connectivity index (χ1) is 13.2. The fourth-order valence-corrected chi connectivity index (χ4v) is 3.58. The minimum Gasteiger partial charge on any atom is -0.376 e. The van der Waals surface area contributed by atoms with E-state index in [1.54, 1.807) is 12.1 Å². The molecule has 0 aromatic carbocycles. The third kappa shape index (κ3) is 3.38. The third-order valence-corrected chi connectivity index (χ3v) is 5.09. The van der Waals surface area contributed by atoms with Gasteiger partial charge >= 0.3 is 0 Å². The number of hydrogen-bond donors (Lipinski definition) is 0. The van der Waals surface area contributed by atoms with Crippen LogP contribution in [0.25, 0.3) is 0 Å². The number of hydrogen-bond acceptors (Lipinski definition) is 7. The van der Waals surface area contributed by atoms with E-state index >= 15 is 0 Å². The van der Waals surface area contributed by atoms with E-state index in [1.165, 1.54) is 4.68 Å². The maximum Gasteiger partial charge on any atom is 0.266 e. The van der Waals surface area contributed by atoms with Crippen molar-refractivity contribution in [1.82, 2.24) is 14.8 Å². The molecule has 0 saturated carbocycles. The average Bonchev–Trinajstić information content (AvgIpc) is 2.73. The van der Waals surface area contributed by atoms with Crippen LogP contribution in [0.3, 0.4) is 0 Å². The molecule has 0 unspecified atom stereocenters. The van der Waals surface area contributed by atoms with Crippen LogP contribution in [0.1, 0.15) is 23.7 Å². The second kappa shape index (κ2) is 7.37. The summed E-state index contributed by atoms with van der Waals surface area (Å²) < 4.78 is 6.95. The number of anilines is 2. The Bertz CT molecular complexity index is 940. The molecule has 2 aliphatic heterocycles. The highest BCUT2D eigenvalue weighted by molar-refractivity contribution is 5.57. The smallest absolute Gasteiger partial charge is 0.266 e. The summed E-state index contributed by atoms with van der Waals surface area (Å²) in [5.74, 6) is 1.58. The van der Waals surface area contributed by atoms with Gasteiger partial charge in [-0.1, -0.05) is 0 Å². The number of ether oxygens (including phenoxy) is 1. The lowest BCUT2D eigenvalue weighted by Gasteiger charge is -2.36. The van der Waals surface area contributed by atoms with Crippen LogP contribution in [-0.4, -0.2) is 47.6 Å². The first-order valence-electron chi connectivity index (χ1n) is 9.28. The van der Waals surface area contributed by atoms with Gasteiger partial charge in [-0.3, -0.25) is 4.79 Å². The van der Waals surface area contributed by atoms with Gasteiger partial charge in [0.2, 0.25) is 0 Å². The summed E-state index contributed by atoms with van der Waals surface area (Å²) in [6.45, 7) is 6.71. The lowest BCUT2D eigenvalue weighted by Crippen LogP contribution is -2.48. The second-order valence-electron chi connectivity index (χ2n) is 6.70. The van der Waals surface area contributed by atoms with Gasteiger partial charge in [-0.15, -0.1) is 0 Å². The zero-order chi connectivity index (χ0) is 18.8. The average molecular weight is 366 g/mol. The van der Waals surface area contributed by atoms with Gasteiger partial charge in [0.1, 0.15) is 17.7 Å². The van der Waals surface area contributed by atoms with Crippen LogP contribution in [0, 0.1) is 11.3 Å². The van der Waals surface area contributed by atoms with Crippen molar-refractivity contribution in [2.45, 2.75) is 26.5 Å². The number of nitriles is 1. The number of piperazine rings is 1. The minimum atomic E-state index is -0.0826. The summed E-state index contributed by atoms with van der Waals surface area (Å²) in [6.07, 6.45) is 0.788. The summed E-state index contributed by atoms with van der Waals surface area (Å²) >= 11 is 0. The Kier molecular flexibility index (Phi) is 4.77. The highest BCUT2D eigenvalue weighted by Gasteiger charge is 2.24. The molecule has 4 heterocycles. The Morgan fingerprint density at radius 2 is 2.00 bits per heavy atom. The Hall–Kier alpha value is -2.92. The van der Waals surface area contributed by atoms with Crippen molar-refractivity contribution in [3.05, 3.63) is 45.4 Å². The molecule has 0 bridgehead atoms. The molecule has 0 atom stereocenters. The molecular weight excluding hydrogens is 344 g/mol. The number of aromatic nitrogens is 3. The van der Waals surface area contributed by atoms with Gasteiger partial charge in [-0.25, -0.2) is 9.67 Å². The molecule has 27 heavy (non-hydrogen) atoms. The van der Waals surface area contributed by atoms with Crippen LogP contribution in [0.5, 0.6) is 0 Å². The van der Waals surface area contributed by atoms with Crippen molar-refractivity contribution in [3.63, 3.8) is 0 Å². The number of fused-ring (bicyclic) bond motifs is 1. The normalized spacial score (nSPS) is 16.7. The van der Waals surface area contributed by atoms with Gasteiger partial charge in [-0.2, -0.15) is 10.4 Å². The first-order valence-corrected chi connectivity index (χ1v) is 9.28. The Morgan fingerprint density at radius 1 is 1.22 bits per heavy atom. The molecule has 0 spiro atoms. The SMILES string of the molecule is CCn1nc(N2CCN(c3nc4c(cc3C#N)COCC4)CC2)ccc1=O. The van der Waals surface area contributed by atoms with Gasteiger partial charge in [0.05, 0.1) is 24.5 Å². The van der Waals surface area contributed by atoms with Crippen molar-refractivity contribution >= 4 is 11.6 Å². The zero-order valence-electron chi connectivity index (χ0n) is 15.4. The van der Waals surface area contributed by atoms with E-state index in [2.05, 4.69) is 21.0 Å². The zero-order valence-corrected chi connectivity index (χ0v) is 15.4. The highest BCUT2D eigenvalue weighted by atomic mass is 16.5. The standard InChI is InChI=1S/C19H22N6O2/c1-2-25-18(26)4-3-17(22-25)23-6-8-24(9-7-23)19-14(12-20)11-15-13-27-10-5-16(15)21-19/h3-4,11H,2,5-10,13H2,1H3. The summed E-state index contributed by atoms with van der Waals surface area (Å²) in [7, 11) is 0. The van der Waals surface area contributed by atoms with E-state index in [9.17, 15) is 10.1 Å². The van der Waals surface area contributed by atoms with Gasteiger partial charge < -0.3 is 14.5 Å². The van der Waals surface area contributed by atoms with E-state index in [-0.39, 0.29) is 5.56 Å². The maximum absolute atomic E-state index is 11.7. The minimum absolute atomic E-state index is 0.0826. The molecule has 2 aliphatic rings. The van der Waals surface area contributed by atoms with Crippen molar-refractivity contribution in [1.29, 1.82) is 5.26 Å². The molecule has 1 fully saturated rings. The topological polar surface area (TPSA) is 87.3 Å². The Balaban J connectivity index is 1.53. The fourth-order valence-electron chi connectivity index (χ4n) is 3.58. The number of aryl methyl sites for hydroxylation is 1. The molecule has 8 heteroatoms. The molecule has 0 aliphatic carbocycles. The van der Waals surface area contributed by atoms with Crippen LogP contribution >= 0.6 is 0 Å². The second-order valence-corrected chi connectivity index (χ2v) is 6.70. The van der Waals surface area contributed by atoms with E-state index in [0.29, 0.717) is 25.3 Å². The largest absolute Gasteiger partial charge is 0.376 e. The molecule has 2 aromatic rings. The molecule has 4 rings (SSSR count). The van der Waals surface area contributed by atoms with E-state index < -0.39 is 0 Å². The molecular formula is C19H22N6O2. The van der Waals surface area contributed by atoms with Crippen molar-refractivity contribution < 1.29 is 4.74 Å². The van der Waals surface area contributed by atoms with Crippen LogP contribution in [0.2, 0.25) is 0 Å². The first kappa shape index (κ1) is 17.5. The molecule has 8 nitrogen and oxygen atoms in total. The molecule has 0 radical (unpaired) electrons. The number of nitrogens with zero attached hydrogens (tertiary/aromatic N) is 6. The third-order valence-electron chi connectivity index (χ3n) is 5.09. The van der Waals surface area contributed by atoms with Gasteiger partial charge in [0, 0.05) is 50.8 Å². The van der Waals surface area contributed by atoms with Crippen molar-refractivity contribution in [2.75, 3.05) is 42.6 Å². The summed E-state index contributed by atoms with van der Waals surface area (Å²) in [4.78, 5) is 20.9. The lowest BCUT2D eigenvalue weighted by molar-refractivity contribution is 0.109. The maximum atomic E-state index is 11.7. The fraction of sp³-hybridized carbons (Fsp3) is 0.474. The summed E-state index contributed by atoms with van der Waals surface area (Å²) in [5, 5.41) is 14.0. The molecule has 0 N–H and O–H groups in total. The van der Waals surface area contributed by atoms with E-state index in [4.69, 9.17) is 9.72 Å². The monoisotopic (exact) mass is 366 g/mol. The summed E-state index contributed by atoms with van der Waals surface area (Å²) in [6, 6.07) is 7.55. The van der Waals surface area contributed by atoms with Crippen LogP contribution in [-0.2, 0) is 24.3 Å². The van der Waals surface area contributed by atoms with Gasteiger partial charge in [0.15, 0.2) is 0 Å². The van der Waals surface area contributed by atoms with Crippen LogP contribution in [0.15, 0.2) is 23.0 Å². The quantitative estimate of drug-likeness (QED) is 0.798. The van der Waals surface area contributed by atoms with E-state index in [1.807, 2.05) is 13.0 Å². The predicted octanol–water partition coefficient (Wildman–Crippen LogP) is 0.929. The van der Waals surface area contributed by atoms with Gasteiger partial charge in [-0.05, 0) is 19.1 Å². The molecule has 0 amide bonds. The highest BCUT2D eigenvalue weighted by Crippen LogP contribution is 2.25. The predicted molar refractivity (Wildman–Crippen MR) is 101 cm³/mol. The summed E-state index contributed by atoms with van der Waals surface area (Å²) in [5.41, 5.74) is 2.58. The van der Waals surface area contributed by atoms with Crippen molar-refractivity contribution in [2.24, 2.45) is 0 Å². The van der Waals surface area contributed by atoms with Crippen LogP contribution in [0.4, 0.5) is 11.6 Å². The van der Waals surface area contributed by atoms with E-state index in [0.717, 1.165) is 55.5 Å². The van der Waals surface area contributed by atoms with Gasteiger partial charge in [0.25, 0.3) is 5.56 Å². The molecule has 140 valence electrons. The Morgan fingerprint density at radius 3 is 2.74 bits per heavy atom. The number of pyridine rings is 1. The van der Waals surface area contributed by atoms with Crippen molar-refractivity contribution in [3.8, 4) is 6.07 Å². The molecule has 2 aromatic heterocycles. The van der Waals surface area contributed by atoms with Crippen LogP contribution < -0.4 is 15.4 Å².